The summed E-state index contributed by atoms with van der Waals surface area (Å²) in [6.07, 6.45) is 1.18. The van der Waals surface area contributed by atoms with E-state index in [-0.39, 0.29) is 33.5 Å². The molecule has 1 saturated heterocycles. The molecule has 9 heteroatoms. The minimum Gasteiger partial charge on any atom is -0.507 e. The Kier molecular flexibility index (Phi) is 7.07. The van der Waals surface area contributed by atoms with Gasteiger partial charge in [0.05, 0.1) is 35.1 Å². The number of carbonyl (C=O) groups is 3. The van der Waals surface area contributed by atoms with Gasteiger partial charge in [-0.3, -0.25) is 19.5 Å². The van der Waals surface area contributed by atoms with Crippen molar-refractivity contribution in [2.24, 2.45) is 0 Å². The van der Waals surface area contributed by atoms with E-state index in [0.717, 1.165) is 0 Å². The van der Waals surface area contributed by atoms with Crippen molar-refractivity contribution in [3.8, 4) is 5.75 Å². The summed E-state index contributed by atoms with van der Waals surface area (Å²) in [7, 11) is 1.46. The van der Waals surface area contributed by atoms with Crippen LogP contribution in [0.2, 0.25) is 5.02 Å². The third-order valence-electron chi connectivity index (χ3n) is 5.54. The first-order valence-corrected chi connectivity index (χ1v) is 11.5. The molecule has 0 bridgehead atoms. The third-order valence-corrected chi connectivity index (χ3v) is 5.87. The van der Waals surface area contributed by atoms with Gasteiger partial charge in [0.15, 0.2) is 0 Å². The molecule has 2 aromatic carbocycles. The lowest BCUT2D eigenvalue weighted by Gasteiger charge is -2.25. The minimum absolute atomic E-state index is 0.129. The highest BCUT2D eigenvalue weighted by Gasteiger charge is 2.48. The molecule has 36 heavy (non-hydrogen) atoms. The number of aliphatic hydroxyl groups excluding tert-OH is 1. The van der Waals surface area contributed by atoms with Gasteiger partial charge in [0, 0.05) is 17.4 Å². The van der Waals surface area contributed by atoms with E-state index in [1.54, 1.807) is 56.3 Å². The van der Waals surface area contributed by atoms with Crippen molar-refractivity contribution in [2.45, 2.75) is 26.0 Å². The molecule has 1 amide bonds. The fraction of sp³-hybridized carbons (Fsp3) is 0.185. The van der Waals surface area contributed by atoms with Crippen LogP contribution in [0.1, 0.15) is 41.5 Å². The Hall–Kier alpha value is -4.17. The largest absolute Gasteiger partial charge is 0.507 e. The summed E-state index contributed by atoms with van der Waals surface area (Å²) < 4.78 is 10.5. The van der Waals surface area contributed by atoms with Crippen LogP contribution in [0.5, 0.6) is 5.75 Å². The number of rotatable bonds is 6. The van der Waals surface area contributed by atoms with E-state index in [1.165, 1.54) is 36.4 Å². The molecule has 1 aliphatic heterocycles. The highest BCUT2D eigenvalue weighted by atomic mass is 35.5. The number of nitrogens with zero attached hydrogens (tertiary/aromatic N) is 2. The first-order chi connectivity index (χ1) is 17.2. The van der Waals surface area contributed by atoms with Crippen molar-refractivity contribution in [3.05, 3.63) is 94.3 Å². The smallest absolute Gasteiger partial charge is 0.338 e. The number of anilines is 1. The van der Waals surface area contributed by atoms with Crippen molar-refractivity contribution in [2.75, 3.05) is 12.0 Å². The van der Waals surface area contributed by atoms with Gasteiger partial charge < -0.3 is 14.6 Å². The van der Waals surface area contributed by atoms with Crippen LogP contribution in [-0.4, -0.2) is 41.0 Å². The van der Waals surface area contributed by atoms with E-state index in [2.05, 4.69) is 4.98 Å². The summed E-state index contributed by atoms with van der Waals surface area (Å²) in [5.74, 6) is -2.44. The average Bonchev–Trinajstić information content (AvgIpc) is 3.14. The number of methoxy groups -OCH3 is 1. The highest BCUT2D eigenvalue weighted by Crippen LogP contribution is 2.43. The van der Waals surface area contributed by atoms with Crippen LogP contribution in [0, 0.1) is 0 Å². The number of benzene rings is 2. The lowest BCUT2D eigenvalue weighted by Crippen LogP contribution is -2.30. The summed E-state index contributed by atoms with van der Waals surface area (Å²) >= 11 is 6.33. The number of hydrogen-bond acceptors (Lipinski definition) is 7. The Morgan fingerprint density at radius 3 is 2.53 bits per heavy atom. The first-order valence-electron chi connectivity index (χ1n) is 11.1. The molecule has 3 aromatic rings. The second-order valence-corrected chi connectivity index (χ2v) is 8.68. The van der Waals surface area contributed by atoms with Crippen molar-refractivity contribution in [3.63, 3.8) is 0 Å². The van der Waals surface area contributed by atoms with E-state index < -0.39 is 29.5 Å². The van der Waals surface area contributed by atoms with Gasteiger partial charge >= 0.3 is 5.97 Å². The predicted octanol–water partition coefficient (Wildman–Crippen LogP) is 4.94. The van der Waals surface area contributed by atoms with Crippen LogP contribution in [0.15, 0.2) is 72.4 Å². The van der Waals surface area contributed by atoms with Crippen LogP contribution < -0.4 is 9.64 Å². The highest BCUT2D eigenvalue weighted by molar-refractivity contribution is 6.52. The fourth-order valence-electron chi connectivity index (χ4n) is 3.94. The predicted molar refractivity (Wildman–Crippen MR) is 134 cm³/mol. The number of aliphatic hydroxyl groups is 1. The Morgan fingerprint density at radius 1 is 1.08 bits per heavy atom. The Morgan fingerprint density at radius 2 is 1.86 bits per heavy atom. The van der Waals surface area contributed by atoms with Gasteiger partial charge in [-0.15, -0.1) is 0 Å². The zero-order valence-corrected chi connectivity index (χ0v) is 20.5. The van der Waals surface area contributed by atoms with Crippen LogP contribution in [0.3, 0.4) is 0 Å². The summed E-state index contributed by atoms with van der Waals surface area (Å²) in [6, 6.07) is 14.7. The fourth-order valence-corrected chi connectivity index (χ4v) is 4.15. The van der Waals surface area contributed by atoms with Crippen molar-refractivity contribution in [1.29, 1.82) is 0 Å². The molecule has 0 aliphatic carbocycles. The number of halogens is 1. The van der Waals surface area contributed by atoms with Gasteiger partial charge in [0.25, 0.3) is 11.7 Å². The molecule has 2 heterocycles. The number of esters is 1. The van der Waals surface area contributed by atoms with Gasteiger partial charge in [0.2, 0.25) is 0 Å². The minimum atomic E-state index is -1.08. The molecule has 1 aromatic heterocycles. The quantitative estimate of drug-likeness (QED) is 0.218. The number of aromatic nitrogens is 1. The molecule has 184 valence electrons. The van der Waals surface area contributed by atoms with E-state index in [4.69, 9.17) is 21.1 Å². The summed E-state index contributed by atoms with van der Waals surface area (Å²) in [5.41, 5.74) is 0.751. The van der Waals surface area contributed by atoms with E-state index in [1.807, 2.05) is 0 Å². The third kappa shape index (κ3) is 4.67. The molecule has 1 fully saturated rings. The molecule has 1 atom stereocenters. The molecule has 0 radical (unpaired) electrons. The number of pyridine rings is 1. The van der Waals surface area contributed by atoms with Gasteiger partial charge in [-0.1, -0.05) is 23.7 Å². The van der Waals surface area contributed by atoms with Crippen molar-refractivity contribution < 1.29 is 29.0 Å². The van der Waals surface area contributed by atoms with Gasteiger partial charge in [-0.2, -0.15) is 0 Å². The normalized spacial score (nSPS) is 16.9. The standard InChI is InChI=1S/C27H23ClN2O6/c1-15(2)36-27(34)16-7-6-8-17(13-16)30-23(21-9-4-5-12-29-21)22(25(32)26(30)33)24(31)19-14-18(35-3)10-11-20(19)28/h4-15,23,31H,1-3H3/b24-22+. The Labute approximate surface area is 212 Å². The lowest BCUT2D eigenvalue weighted by molar-refractivity contribution is -0.132. The second-order valence-electron chi connectivity index (χ2n) is 8.27. The maximum Gasteiger partial charge on any atom is 0.338 e. The summed E-state index contributed by atoms with van der Waals surface area (Å²) in [6.45, 7) is 3.45. The zero-order valence-electron chi connectivity index (χ0n) is 19.8. The maximum atomic E-state index is 13.3. The topological polar surface area (TPSA) is 106 Å². The Bertz CT molecular complexity index is 1370. The molecule has 8 nitrogen and oxygen atoms in total. The summed E-state index contributed by atoms with van der Waals surface area (Å²) in [4.78, 5) is 44.7. The van der Waals surface area contributed by atoms with Crippen LogP contribution in [0.4, 0.5) is 5.69 Å². The van der Waals surface area contributed by atoms with E-state index in [9.17, 15) is 19.5 Å². The van der Waals surface area contributed by atoms with E-state index >= 15 is 0 Å². The molecule has 0 saturated carbocycles. The van der Waals surface area contributed by atoms with Crippen molar-refractivity contribution in [1.82, 2.24) is 4.98 Å². The zero-order chi connectivity index (χ0) is 26.0. The van der Waals surface area contributed by atoms with Gasteiger partial charge in [0.1, 0.15) is 17.6 Å². The number of hydrogen-bond donors (Lipinski definition) is 1. The first kappa shape index (κ1) is 24.9. The maximum absolute atomic E-state index is 13.3. The average molecular weight is 507 g/mol. The van der Waals surface area contributed by atoms with Crippen LogP contribution in [0.25, 0.3) is 5.76 Å². The van der Waals surface area contributed by atoms with Crippen molar-refractivity contribution >= 4 is 40.7 Å². The van der Waals surface area contributed by atoms with Crippen LogP contribution >= 0.6 is 11.6 Å². The molecular formula is C27H23ClN2O6. The lowest BCUT2D eigenvalue weighted by atomic mass is 9.98. The molecule has 1 N–H and O–H groups in total. The molecular weight excluding hydrogens is 484 g/mol. The van der Waals surface area contributed by atoms with Gasteiger partial charge in [-0.05, 0) is 62.4 Å². The monoisotopic (exact) mass is 506 g/mol. The number of ether oxygens (including phenoxy) is 2. The molecule has 1 aliphatic rings. The van der Waals surface area contributed by atoms with Gasteiger partial charge in [-0.25, -0.2) is 4.79 Å². The van der Waals surface area contributed by atoms with E-state index in [0.29, 0.717) is 11.4 Å². The number of carbonyl (C=O) groups excluding carboxylic acids is 3. The molecule has 4 rings (SSSR count). The second kappa shape index (κ2) is 10.2. The molecule has 1 unspecified atom stereocenters. The number of ketones is 1. The molecule has 0 spiro atoms. The van der Waals surface area contributed by atoms with Crippen LogP contribution in [-0.2, 0) is 14.3 Å². The number of Topliss-reactive ketones (excluding diaryl/α,β-unsaturated/α-hetero) is 1. The SMILES string of the molecule is COc1ccc(Cl)c(/C(O)=C2\C(=O)C(=O)N(c3cccc(C(=O)OC(C)C)c3)C2c2ccccn2)c1. The Balaban J connectivity index is 1.91. The number of amides is 1. The summed E-state index contributed by atoms with van der Waals surface area (Å²) in [5, 5.41) is 11.5.